The topological polar surface area (TPSA) is 43.8 Å². The molecule has 2 aromatic rings. The van der Waals surface area contributed by atoms with Crippen molar-refractivity contribution >= 4 is 5.82 Å². The second-order valence-electron chi connectivity index (χ2n) is 3.58. The Bertz CT molecular complexity index is 503. The van der Waals surface area contributed by atoms with Crippen LogP contribution in [0.4, 0.5) is 10.2 Å². The molecule has 0 aliphatic carbocycles. The average molecular weight is 205 g/mol. The van der Waals surface area contributed by atoms with E-state index in [0.717, 1.165) is 11.3 Å². The number of benzene rings is 1. The predicted molar refractivity (Wildman–Crippen MR) is 57.4 cm³/mol. The van der Waals surface area contributed by atoms with E-state index in [9.17, 15) is 4.39 Å². The third-order valence-electron chi connectivity index (χ3n) is 2.24. The summed E-state index contributed by atoms with van der Waals surface area (Å²) in [4.78, 5) is 0. The van der Waals surface area contributed by atoms with Gasteiger partial charge in [-0.2, -0.15) is 5.10 Å². The van der Waals surface area contributed by atoms with E-state index in [1.54, 1.807) is 18.2 Å². The second-order valence-corrected chi connectivity index (χ2v) is 3.58. The number of aromatic nitrogens is 2. The predicted octanol–water partition coefficient (Wildman–Crippen LogP) is 2.21. The summed E-state index contributed by atoms with van der Waals surface area (Å²) in [5, 5.41) is 4.04. The van der Waals surface area contributed by atoms with Crippen LogP contribution in [0.15, 0.2) is 24.3 Å². The number of anilines is 1. The highest BCUT2D eigenvalue weighted by molar-refractivity contribution is 5.41. The first-order valence-corrected chi connectivity index (χ1v) is 4.66. The molecular weight excluding hydrogens is 193 g/mol. The molecular formula is C11H12FN3. The molecule has 0 aliphatic rings. The van der Waals surface area contributed by atoms with Gasteiger partial charge in [0.2, 0.25) is 0 Å². The molecule has 0 unspecified atom stereocenters. The van der Waals surface area contributed by atoms with E-state index in [0.29, 0.717) is 11.5 Å². The lowest BCUT2D eigenvalue weighted by Crippen LogP contribution is -2.02. The minimum atomic E-state index is -0.299. The third-order valence-corrected chi connectivity index (χ3v) is 2.24. The molecule has 15 heavy (non-hydrogen) atoms. The molecule has 0 aliphatic heterocycles. The van der Waals surface area contributed by atoms with Crippen LogP contribution < -0.4 is 5.73 Å². The van der Waals surface area contributed by atoms with Crippen molar-refractivity contribution < 1.29 is 4.39 Å². The SMILES string of the molecule is Cc1ccc(F)c(-n2nc(N)cc2C)c1. The Kier molecular flexibility index (Phi) is 2.19. The highest BCUT2D eigenvalue weighted by Crippen LogP contribution is 2.17. The molecule has 4 heteroatoms. The molecule has 78 valence electrons. The first kappa shape index (κ1) is 9.71. The minimum absolute atomic E-state index is 0.299. The Morgan fingerprint density at radius 1 is 1.27 bits per heavy atom. The smallest absolute Gasteiger partial charge is 0.148 e. The van der Waals surface area contributed by atoms with Crippen LogP contribution in [0, 0.1) is 19.7 Å². The molecule has 0 amide bonds. The zero-order valence-corrected chi connectivity index (χ0v) is 8.66. The van der Waals surface area contributed by atoms with Crippen molar-refractivity contribution in [1.29, 1.82) is 0 Å². The van der Waals surface area contributed by atoms with Gasteiger partial charge in [0.05, 0.1) is 0 Å². The van der Waals surface area contributed by atoms with Gasteiger partial charge in [0.1, 0.15) is 17.3 Å². The van der Waals surface area contributed by atoms with Crippen molar-refractivity contribution in [1.82, 2.24) is 9.78 Å². The summed E-state index contributed by atoms with van der Waals surface area (Å²) in [5.74, 6) is 0.0974. The van der Waals surface area contributed by atoms with Crippen molar-refractivity contribution in [3.8, 4) is 5.69 Å². The quantitative estimate of drug-likeness (QED) is 0.775. The summed E-state index contributed by atoms with van der Waals surface area (Å²) in [5.41, 5.74) is 7.79. The molecule has 2 N–H and O–H groups in total. The maximum absolute atomic E-state index is 13.5. The summed E-state index contributed by atoms with van der Waals surface area (Å²) in [6, 6.07) is 6.61. The highest BCUT2D eigenvalue weighted by atomic mass is 19.1. The third kappa shape index (κ3) is 1.70. The summed E-state index contributed by atoms with van der Waals surface area (Å²) >= 11 is 0. The Labute approximate surface area is 87.3 Å². The highest BCUT2D eigenvalue weighted by Gasteiger charge is 2.08. The van der Waals surface area contributed by atoms with Crippen LogP contribution in [-0.4, -0.2) is 9.78 Å². The van der Waals surface area contributed by atoms with Crippen molar-refractivity contribution in [2.24, 2.45) is 0 Å². The van der Waals surface area contributed by atoms with Gasteiger partial charge in [-0.15, -0.1) is 0 Å². The van der Waals surface area contributed by atoms with Gasteiger partial charge in [-0.05, 0) is 31.5 Å². The molecule has 1 aromatic heterocycles. The lowest BCUT2D eigenvalue weighted by atomic mass is 10.2. The summed E-state index contributed by atoms with van der Waals surface area (Å²) in [7, 11) is 0. The maximum atomic E-state index is 13.5. The number of halogens is 1. The van der Waals surface area contributed by atoms with Crippen LogP contribution in [0.25, 0.3) is 5.69 Å². The number of hydrogen-bond donors (Lipinski definition) is 1. The monoisotopic (exact) mass is 205 g/mol. The summed E-state index contributed by atoms with van der Waals surface area (Å²) in [6.45, 7) is 3.75. The van der Waals surface area contributed by atoms with Crippen LogP contribution in [0.3, 0.4) is 0 Å². The van der Waals surface area contributed by atoms with Crippen LogP contribution in [0.2, 0.25) is 0 Å². The first-order chi connectivity index (χ1) is 7.08. The van der Waals surface area contributed by atoms with E-state index in [1.807, 2.05) is 13.8 Å². The number of aryl methyl sites for hydroxylation is 2. The van der Waals surface area contributed by atoms with Crippen molar-refractivity contribution in [3.63, 3.8) is 0 Å². The molecule has 1 heterocycles. The normalized spacial score (nSPS) is 10.6. The van der Waals surface area contributed by atoms with Gasteiger partial charge in [-0.25, -0.2) is 9.07 Å². The molecule has 0 saturated heterocycles. The summed E-state index contributed by atoms with van der Waals surface area (Å²) < 4.78 is 15.1. The van der Waals surface area contributed by atoms with Crippen molar-refractivity contribution in [2.75, 3.05) is 5.73 Å². The van der Waals surface area contributed by atoms with E-state index >= 15 is 0 Å². The largest absolute Gasteiger partial charge is 0.382 e. The van der Waals surface area contributed by atoms with E-state index < -0.39 is 0 Å². The fourth-order valence-corrected chi connectivity index (χ4v) is 1.53. The van der Waals surface area contributed by atoms with E-state index in [2.05, 4.69) is 5.10 Å². The molecule has 0 atom stereocenters. The number of nitrogen functional groups attached to an aromatic ring is 1. The second kappa shape index (κ2) is 3.38. The Morgan fingerprint density at radius 2 is 2.00 bits per heavy atom. The molecule has 0 spiro atoms. The standard InChI is InChI=1S/C11H12FN3/c1-7-3-4-9(12)10(5-7)15-8(2)6-11(13)14-15/h3-6H,1-2H3,(H2,13,14). The van der Waals surface area contributed by atoms with Gasteiger partial charge in [0, 0.05) is 11.8 Å². The fraction of sp³-hybridized carbons (Fsp3) is 0.182. The lowest BCUT2D eigenvalue weighted by Gasteiger charge is -2.06. The van der Waals surface area contributed by atoms with Gasteiger partial charge in [0.25, 0.3) is 0 Å². The molecule has 0 radical (unpaired) electrons. The van der Waals surface area contributed by atoms with Crippen LogP contribution in [0.5, 0.6) is 0 Å². The molecule has 3 nitrogen and oxygen atoms in total. The molecule has 1 aromatic carbocycles. The van der Waals surface area contributed by atoms with Gasteiger partial charge < -0.3 is 5.73 Å². The van der Waals surface area contributed by atoms with Gasteiger partial charge in [-0.1, -0.05) is 6.07 Å². The molecule has 2 rings (SSSR count). The fourth-order valence-electron chi connectivity index (χ4n) is 1.53. The van der Waals surface area contributed by atoms with E-state index in [1.165, 1.54) is 10.7 Å². The molecule has 0 bridgehead atoms. The van der Waals surface area contributed by atoms with Crippen LogP contribution in [0.1, 0.15) is 11.3 Å². The Balaban J connectivity index is 2.62. The summed E-state index contributed by atoms with van der Waals surface area (Å²) in [6.07, 6.45) is 0. The zero-order valence-electron chi connectivity index (χ0n) is 8.66. The van der Waals surface area contributed by atoms with E-state index in [-0.39, 0.29) is 5.82 Å². The van der Waals surface area contributed by atoms with Crippen molar-refractivity contribution in [2.45, 2.75) is 13.8 Å². The number of nitrogens with zero attached hydrogens (tertiary/aromatic N) is 2. The van der Waals surface area contributed by atoms with Gasteiger partial charge in [-0.3, -0.25) is 0 Å². The van der Waals surface area contributed by atoms with Crippen molar-refractivity contribution in [3.05, 3.63) is 41.3 Å². The number of nitrogens with two attached hydrogens (primary N) is 1. The number of hydrogen-bond acceptors (Lipinski definition) is 2. The first-order valence-electron chi connectivity index (χ1n) is 4.66. The van der Waals surface area contributed by atoms with Crippen LogP contribution in [-0.2, 0) is 0 Å². The minimum Gasteiger partial charge on any atom is -0.382 e. The zero-order chi connectivity index (χ0) is 11.0. The maximum Gasteiger partial charge on any atom is 0.148 e. The lowest BCUT2D eigenvalue weighted by molar-refractivity contribution is 0.608. The van der Waals surface area contributed by atoms with Gasteiger partial charge >= 0.3 is 0 Å². The Morgan fingerprint density at radius 3 is 2.60 bits per heavy atom. The van der Waals surface area contributed by atoms with Crippen LogP contribution >= 0.6 is 0 Å². The number of rotatable bonds is 1. The van der Waals surface area contributed by atoms with E-state index in [4.69, 9.17) is 5.73 Å². The van der Waals surface area contributed by atoms with Gasteiger partial charge in [0.15, 0.2) is 0 Å². The Hall–Kier alpha value is -1.84. The average Bonchev–Trinajstić information content (AvgIpc) is 2.50. The molecule has 0 fully saturated rings. The molecule has 0 saturated carbocycles.